The van der Waals surface area contributed by atoms with E-state index in [2.05, 4.69) is 0 Å². The molecule has 0 aliphatic carbocycles. The zero-order valence-corrected chi connectivity index (χ0v) is 11.3. The van der Waals surface area contributed by atoms with Crippen LogP contribution in [0, 0.1) is 0 Å². The van der Waals surface area contributed by atoms with Crippen molar-refractivity contribution in [2.24, 2.45) is 0 Å². The number of aliphatic hydroxyl groups is 1. The number of phenols is 1. The normalized spacial score (nSPS) is 31.5. The molecular formula is C13H17NO4S. The van der Waals surface area contributed by atoms with Crippen molar-refractivity contribution < 1.29 is 18.6 Å². The molecule has 2 atom stereocenters. The number of piperidine rings is 1. The Balaban J connectivity index is 1.98. The van der Waals surface area contributed by atoms with E-state index in [9.17, 15) is 18.6 Å². The van der Waals surface area contributed by atoms with E-state index >= 15 is 0 Å². The lowest BCUT2D eigenvalue weighted by Gasteiger charge is -2.36. The van der Waals surface area contributed by atoms with Gasteiger partial charge in [0.05, 0.1) is 11.0 Å². The van der Waals surface area contributed by atoms with E-state index in [1.54, 1.807) is 0 Å². The monoisotopic (exact) mass is 283 g/mol. The van der Waals surface area contributed by atoms with E-state index in [1.807, 2.05) is 0 Å². The molecule has 2 N–H and O–H groups in total. The third kappa shape index (κ3) is 2.13. The first-order valence-electron chi connectivity index (χ1n) is 6.49. The van der Waals surface area contributed by atoms with Crippen molar-refractivity contribution >= 4 is 10.0 Å². The minimum atomic E-state index is -3.58. The molecule has 19 heavy (non-hydrogen) atoms. The lowest BCUT2D eigenvalue weighted by Crippen LogP contribution is -2.47. The van der Waals surface area contributed by atoms with Crippen LogP contribution in [0.25, 0.3) is 0 Å². The summed E-state index contributed by atoms with van der Waals surface area (Å²) in [6.07, 6.45) is 2.23. The van der Waals surface area contributed by atoms with Crippen LogP contribution in [0.4, 0.5) is 0 Å². The molecule has 2 fully saturated rings. The molecule has 2 heterocycles. The highest BCUT2D eigenvalue weighted by Gasteiger charge is 2.46. The Kier molecular flexibility index (Phi) is 3.03. The Hall–Kier alpha value is -1.11. The molecular weight excluding hydrogens is 266 g/mol. The van der Waals surface area contributed by atoms with Gasteiger partial charge < -0.3 is 10.2 Å². The van der Waals surface area contributed by atoms with Gasteiger partial charge in [0.1, 0.15) is 5.75 Å². The summed E-state index contributed by atoms with van der Waals surface area (Å²) in [5.41, 5.74) is 0. The van der Waals surface area contributed by atoms with Gasteiger partial charge in [0.25, 0.3) is 0 Å². The summed E-state index contributed by atoms with van der Waals surface area (Å²) < 4.78 is 26.8. The van der Waals surface area contributed by atoms with E-state index in [0.29, 0.717) is 12.8 Å². The number of benzene rings is 1. The fourth-order valence-electron chi connectivity index (χ4n) is 3.26. The average molecular weight is 283 g/mol. The number of fused-ring (bicyclic) bond motifs is 2. The Morgan fingerprint density at radius 2 is 1.79 bits per heavy atom. The lowest BCUT2D eigenvalue weighted by atomic mass is 10.0. The minimum absolute atomic E-state index is 0.0505. The summed E-state index contributed by atoms with van der Waals surface area (Å²) in [5, 5.41) is 19.2. The third-order valence-electron chi connectivity index (χ3n) is 4.03. The highest BCUT2D eigenvalue weighted by molar-refractivity contribution is 7.89. The van der Waals surface area contributed by atoms with Crippen LogP contribution < -0.4 is 0 Å². The molecule has 0 amide bonds. The molecule has 1 aromatic carbocycles. The van der Waals surface area contributed by atoms with Gasteiger partial charge in [0, 0.05) is 12.1 Å². The zero-order valence-electron chi connectivity index (χ0n) is 10.4. The number of hydrogen-bond donors (Lipinski definition) is 2. The lowest BCUT2D eigenvalue weighted by molar-refractivity contribution is 0.0768. The van der Waals surface area contributed by atoms with Gasteiger partial charge in [-0.2, -0.15) is 4.31 Å². The van der Waals surface area contributed by atoms with Gasteiger partial charge in [0.15, 0.2) is 0 Å². The van der Waals surface area contributed by atoms with Crippen LogP contribution in [-0.2, 0) is 10.0 Å². The first-order chi connectivity index (χ1) is 8.98. The van der Waals surface area contributed by atoms with Gasteiger partial charge in [-0.25, -0.2) is 8.42 Å². The van der Waals surface area contributed by atoms with Crippen molar-refractivity contribution in [3.63, 3.8) is 0 Å². The fraction of sp³-hybridized carbons (Fsp3) is 0.538. The molecule has 0 spiro atoms. The molecule has 2 saturated heterocycles. The van der Waals surface area contributed by atoms with Gasteiger partial charge >= 0.3 is 0 Å². The summed E-state index contributed by atoms with van der Waals surface area (Å²) in [4.78, 5) is 0.126. The second-order valence-electron chi connectivity index (χ2n) is 5.34. The van der Waals surface area contributed by atoms with Crippen molar-refractivity contribution in [1.82, 2.24) is 4.31 Å². The van der Waals surface area contributed by atoms with E-state index in [1.165, 1.54) is 28.6 Å². The Morgan fingerprint density at radius 1 is 1.16 bits per heavy atom. The number of phenolic OH excluding ortho intramolecular Hbond substituents is 1. The van der Waals surface area contributed by atoms with Gasteiger partial charge in [-0.3, -0.25) is 0 Å². The quantitative estimate of drug-likeness (QED) is 0.851. The Morgan fingerprint density at radius 3 is 2.37 bits per heavy atom. The van der Waals surface area contributed by atoms with Crippen LogP contribution in [0.15, 0.2) is 29.2 Å². The molecule has 0 radical (unpaired) electrons. The fourth-order valence-corrected chi connectivity index (χ4v) is 5.20. The van der Waals surface area contributed by atoms with Crippen molar-refractivity contribution in [2.45, 2.75) is 48.8 Å². The predicted octanol–water partition coefficient (Wildman–Crippen LogP) is 1.07. The number of rotatable bonds is 2. The second kappa shape index (κ2) is 4.47. The zero-order chi connectivity index (χ0) is 13.6. The van der Waals surface area contributed by atoms with Crippen molar-refractivity contribution in [2.75, 3.05) is 0 Å². The van der Waals surface area contributed by atoms with Gasteiger partial charge in [0.2, 0.25) is 10.0 Å². The summed E-state index contributed by atoms with van der Waals surface area (Å²) in [6, 6.07) is 5.54. The van der Waals surface area contributed by atoms with Crippen LogP contribution in [0.1, 0.15) is 25.7 Å². The number of aliphatic hydroxyl groups excluding tert-OH is 1. The maximum absolute atomic E-state index is 12.6. The number of hydrogen-bond acceptors (Lipinski definition) is 4. The SMILES string of the molecule is O=S(=O)(c1cccc(O)c1)N1C2CCC1CC(O)C2. The first kappa shape index (κ1) is 12.9. The van der Waals surface area contributed by atoms with Crippen LogP contribution in [0.3, 0.4) is 0 Å². The molecule has 0 aromatic heterocycles. The Bertz CT molecular complexity index is 572. The summed E-state index contributed by atoms with van der Waals surface area (Å²) in [5.74, 6) is -0.0505. The molecule has 3 rings (SSSR count). The second-order valence-corrected chi connectivity index (χ2v) is 7.19. The number of aromatic hydroxyl groups is 1. The number of nitrogens with zero attached hydrogens (tertiary/aromatic N) is 1. The highest BCUT2D eigenvalue weighted by atomic mass is 32.2. The van der Waals surface area contributed by atoms with E-state index in [0.717, 1.165) is 12.8 Å². The van der Waals surface area contributed by atoms with E-state index in [-0.39, 0.29) is 22.7 Å². The summed E-state index contributed by atoms with van der Waals surface area (Å²) >= 11 is 0. The molecule has 2 unspecified atom stereocenters. The topological polar surface area (TPSA) is 77.8 Å². The molecule has 6 heteroatoms. The molecule has 104 valence electrons. The molecule has 2 aliphatic heterocycles. The summed E-state index contributed by atoms with van der Waals surface area (Å²) in [6.45, 7) is 0. The van der Waals surface area contributed by atoms with Crippen LogP contribution >= 0.6 is 0 Å². The number of sulfonamides is 1. The van der Waals surface area contributed by atoms with Gasteiger partial charge in [-0.15, -0.1) is 0 Å². The Labute approximate surface area is 112 Å². The van der Waals surface area contributed by atoms with E-state index < -0.39 is 16.1 Å². The standard InChI is InChI=1S/C13H17NO4S/c15-11-2-1-3-13(8-11)19(17,18)14-9-4-5-10(14)7-12(16)6-9/h1-3,8-10,12,15-16H,4-7H2. The first-order valence-corrected chi connectivity index (χ1v) is 7.93. The maximum Gasteiger partial charge on any atom is 0.243 e. The maximum atomic E-state index is 12.6. The third-order valence-corrected chi connectivity index (χ3v) is 6.04. The van der Waals surface area contributed by atoms with Gasteiger partial charge in [-0.05, 0) is 43.9 Å². The molecule has 2 aliphatic rings. The highest BCUT2D eigenvalue weighted by Crippen LogP contribution is 2.39. The van der Waals surface area contributed by atoms with Crippen LogP contribution in [-0.4, -0.2) is 41.1 Å². The molecule has 2 bridgehead atoms. The largest absolute Gasteiger partial charge is 0.508 e. The predicted molar refractivity (Wildman–Crippen MR) is 69.2 cm³/mol. The summed E-state index contributed by atoms with van der Waals surface area (Å²) in [7, 11) is -3.58. The van der Waals surface area contributed by atoms with Crippen molar-refractivity contribution in [3.05, 3.63) is 24.3 Å². The molecule has 5 nitrogen and oxygen atoms in total. The average Bonchev–Trinajstić information content (AvgIpc) is 2.63. The van der Waals surface area contributed by atoms with Crippen molar-refractivity contribution in [1.29, 1.82) is 0 Å². The van der Waals surface area contributed by atoms with Crippen molar-refractivity contribution in [3.8, 4) is 5.75 Å². The van der Waals surface area contributed by atoms with E-state index in [4.69, 9.17) is 0 Å². The smallest absolute Gasteiger partial charge is 0.243 e. The van der Waals surface area contributed by atoms with Gasteiger partial charge in [-0.1, -0.05) is 6.07 Å². The molecule has 0 saturated carbocycles. The molecule has 1 aromatic rings. The van der Waals surface area contributed by atoms with Crippen LogP contribution in [0.5, 0.6) is 5.75 Å². The minimum Gasteiger partial charge on any atom is -0.508 e. The van der Waals surface area contributed by atoms with Crippen LogP contribution in [0.2, 0.25) is 0 Å².